The normalized spacial score (nSPS) is 17.6. The van der Waals surface area contributed by atoms with E-state index >= 15 is 0 Å². The van der Waals surface area contributed by atoms with Gasteiger partial charge in [0.05, 0.1) is 25.3 Å². The number of hydrogen-bond acceptors (Lipinski definition) is 4. The molecule has 0 atom stereocenters. The number of aromatic nitrogens is 1. The van der Waals surface area contributed by atoms with E-state index in [9.17, 15) is 10.1 Å². The Bertz CT molecular complexity index is 1020. The predicted octanol–water partition coefficient (Wildman–Crippen LogP) is 3.26. The van der Waals surface area contributed by atoms with Crippen molar-refractivity contribution in [2.45, 2.75) is 58.7 Å². The van der Waals surface area contributed by atoms with E-state index in [-0.39, 0.29) is 11.5 Å². The smallest absolute Gasteiger partial charge is 0.293 e. The molecule has 6 nitrogen and oxygen atoms in total. The topological polar surface area (TPSA) is 70.7 Å². The average Bonchev–Trinajstić information content (AvgIpc) is 2.79. The summed E-state index contributed by atoms with van der Waals surface area (Å²) >= 11 is 0. The highest BCUT2D eigenvalue weighted by Gasteiger charge is 2.36. The number of ether oxygens (including phenoxy) is 1. The summed E-state index contributed by atoms with van der Waals surface area (Å²) in [6.07, 6.45) is 2.95. The molecule has 168 valence electrons. The van der Waals surface area contributed by atoms with Gasteiger partial charge in [0, 0.05) is 24.8 Å². The van der Waals surface area contributed by atoms with E-state index in [2.05, 4.69) is 54.1 Å². The van der Waals surface area contributed by atoms with Crippen LogP contribution in [0.25, 0.3) is 0 Å². The van der Waals surface area contributed by atoms with Crippen LogP contribution < -0.4 is 9.88 Å². The minimum absolute atomic E-state index is 0.228. The van der Waals surface area contributed by atoms with Gasteiger partial charge in [0.15, 0.2) is 0 Å². The van der Waals surface area contributed by atoms with Gasteiger partial charge in [0.25, 0.3) is 5.82 Å². The largest absolute Gasteiger partial charge is 0.370 e. The van der Waals surface area contributed by atoms with Crippen LogP contribution in [0.1, 0.15) is 61.6 Å². The number of anilines is 1. The van der Waals surface area contributed by atoms with E-state index in [0.29, 0.717) is 32.5 Å². The van der Waals surface area contributed by atoms with E-state index in [1.807, 2.05) is 17.9 Å². The van der Waals surface area contributed by atoms with E-state index in [4.69, 9.17) is 4.74 Å². The summed E-state index contributed by atoms with van der Waals surface area (Å²) in [6.45, 7) is 9.55. The molecule has 3 heterocycles. The third-order valence-corrected chi connectivity index (χ3v) is 6.49. The van der Waals surface area contributed by atoms with Crippen LogP contribution in [0.3, 0.4) is 0 Å². The standard InChI is InChI=1S/C26H32N4O2/c1-4-8-24(31)29-11-13-30(14-12-29)25-21(17-27)20-16-26(2,3)32-18-22(20)23(28-25)15-19-9-6-5-7-10-19/h5-7,9-10H,4,8,11-16,18H2,1-3H3/p+1. The molecule has 32 heavy (non-hydrogen) atoms. The third-order valence-electron chi connectivity index (χ3n) is 6.49. The lowest BCUT2D eigenvalue weighted by Gasteiger charge is -2.35. The first-order valence-electron chi connectivity index (χ1n) is 11.6. The lowest BCUT2D eigenvalue weighted by atomic mass is 9.87. The Balaban J connectivity index is 1.70. The summed E-state index contributed by atoms with van der Waals surface area (Å²) < 4.78 is 6.13. The first-order chi connectivity index (χ1) is 15.4. The van der Waals surface area contributed by atoms with Crippen molar-refractivity contribution in [1.82, 2.24) is 4.90 Å². The summed E-state index contributed by atoms with van der Waals surface area (Å²) in [6, 6.07) is 12.9. The maximum absolute atomic E-state index is 12.3. The zero-order valence-electron chi connectivity index (χ0n) is 19.4. The number of nitriles is 1. The van der Waals surface area contributed by atoms with Crippen molar-refractivity contribution in [2.75, 3.05) is 31.1 Å². The first-order valence-corrected chi connectivity index (χ1v) is 11.6. The fourth-order valence-electron chi connectivity index (χ4n) is 4.73. The Labute approximate surface area is 190 Å². The maximum Gasteiger partial charge on any atom is 0.293 e. The van der Waals surface area contributed by atoms with Crippen molar-refractivity contribution in [3.63, 3.8) is 0 Å². The van der Waals surface area contributed by atoms with Crippen LogP contribution in [-0.2, 0) is 29.0 Å². The van der Waals surface area contributed by atoms with Crippen molar-refractivity contribution < 1.29 is 14.5 Å². The highest BCUT2D eigenvalue weighted by Crippen LogP contribution is 2.34. The molecular weight excluding hydrogens is 400 g/mol. The number of hydrogen-bond donors (Lipinski definition) is 0. The van der Waals surface area contributed by atoms with Crippen LogP contribution in [0.5, 0.6) is 0 Å². The molecule has 6 heteroatoms. The molecule has 1 fully saturated rings. The van der Waals surface area contributed by atoms with Crippen LogP contribution >= 0.6 is 0 Å². The van der Waals surface area contributed by atoms with Gasteiger partial charge in [-0.15, -0.1) is 0 Å². The number of carbonyl (C=O) groups is 1. The summed E-state index contributed by atoms with van der Waals surface area (Å²) in [7, 11) is 0. The van der Waals surface area contributed by atoms with Crippen molar-refractivity contribution in [2.24, 2.45) is 0 Å². The van der Waals surface area contributed by atoms with Crippen LogP contribution in [0.4, 0.5) is 5.82 Å². The Morgan fingerprint density at radius 2 is 1.88 bits per heavy atom. The SMILES string of the molecule is CCCC(=O)N1CCN(c2[nH+]c(Cc3ccccc3)c3c(c2C#N)CC(C)(C)OC3)CC1. The summed E-state index contributed by atoms with van der Waals surface area (Å²) in [5.74, 6) is 1.11. The average molecular weight is 434 g/mol. The van der Waals surface area contributed by atoms with E-state index in [1.165, 1.54) is 5.56 Å². The second-order valence-electron chi connectivity index (χ2n) is 9.40. The molecule has 4 rings (SSSR count). The zero-order valence-corrected chi connectivity index (χ0v) is 19.4. The Morgan fingerprint density at radius 1 is 1.16 bits per heavy atom. The van der Waals surface area contributed by atoms with Crippen molar-refractivity contribution in [3.05, 3.63) is 58.3 Å². The molecular formula is C26H33N4O2+. The van der Waals surface area contributed by atoms with Crippen LogP contribution in [0.2, 0.25) is 0 Å². The molecule has 1 N–H and O–H groups in total. The number of pyridine rings is 1. The number of aromatic amines is 1. The highest BCUT2D eigenvalue weighted by atomic mass is 16.5. The number of piperazine rings is 1. The number of rotatable bonds is 5. The van der Waals surface area contributed by atoms with Crippen LogP contribution in [0.15, 0.2) is 30.3 Å². The molecule has 1 saturated heterocycles. The summed E-state index contributed by atoms with van der Waals surface area (Å²) in [5.41, 5.74) is 4.98. The minimum atomic E-state index is -0.299. The van der Waals surface area contributed by atoms with Crippen molar-refractivity contribution in [3.8, 4) is 6.07 Å². The predicted molar refractivity (Wildman–Crippen MR) is 123 cm³/mol. The molecule has 0 radical (unpaired) electrons. The first kappa shape index (κ1) is 22.3. The van der Waals surface area contributed by atoms with Crippen LogP contribution in [-0.4, -0.2) is 42.6 Å². The van der Waals surface area contributed by atoms with Gasteiger partial charge in [-0.25, -0.2) is 4.98 Å². The number of nitrogens with zero attached hydrogens (tertiary/aromatic N) is 3. The van der Waals surface area contributed by atoms with Crippen molar-refractivity contribution in [1.29, 1.82) is 5.26 Å². The molecule has 2 aliphatic rings. The quantitative estimate of drug-likeness (QED) is 0.726. The van der Waals surface area contributed by atoms with Gasteiger partial charge < -0.3 is 9.64 Å². The summed E-state index contributed by atoms with van der Waals surface area (Å²) in [5, 5.41) is 10.2. The van der Waals surface area contributed by atoms with E-state index in [0.717, 1.165) is 54.1 Å². The van der Waals surface area contributed by atoms with Gasteiger partial charge >= 0.3 is 0 Å². The van der Waals surface area contributed by atoms with Crippen molar-refractivity contribution >= 4 is 11.7 Å². The number of fused-ring (bicyclic) bond motifs is 1. The molecule has 0 unspecified atom stereocenters. The Morgan fingerprint density at radius 3 is 2.53 bits per heavy atom. The monoisotopic (exact) mass is 433 g/mol. The molecule has 0 saturated carbocycles. The molecule has 0 spiro atoms. The van der Waals surface area contributed by atoms with E-state index in [1.54, 1.807) is 0 Å². The zero-order chi connectivity index (χ0) is 22.7. The van der Waals surface area contributed by atoms with Gasteiger partial charge in [-0.1, -0.05) is 37.3 Å². The second kappa shape index (κ2) is 9.30. The van der Waals surface area contributed by atoms with Gasteiger partial charge in [-0.3, -0.25) is 9.69 Å². The minimum Gasteiger partial charge on any atom is -0.370 e. The highest BCUT2D eigenvalue weighted by molar-refractivity contribution is 5.76. The molecule has 2 aliphatic heterocycles. The number of benzene rings is 1. The van der Waals surface area contributed by atoms with E-state index < -0.39 is 0 Å². The number of H-pyrrole nitrogens is 1. The molecule has 2 aromatic rings. The maximum atomic E-state index is 12.3. The number of carbonyl (C=O) groups excluding carboxylic acids is 1. The second-order valence-corrected chi connectivity index (χ2v) is 9.40. The Hall–Kier alpha value is -2.91. The molecule has 1 aromatic heterocycles. The molecule has 0 bridgehead atoms. The van der Waals surface area contributed by atoms with Gasteiger partial charge in [-0.2, -0.15) is 5.26 Å². The van der Waals surface area contributed by atoms with Crippen LogP contribution in [0, 0.1) is 11.3 Å². The fourth-order valence-corrected chi connectivity index (χ4v) is 4.73. The third kappa shape index (κ3) is 4.63. The van der Waals surface area contributed by atoms with Gasteiger partial charge in [-0.05, 0) is 31.4 Å². The molecule has 1 amide bonds. The molecule has 0 aliphatic carbocycles. The van der Waals surface area contributed by atoms with Gasteiger partial charge in [0.2, 0.25) is 5.91 Å². The fraction of sp³-hybridized carbons (Fsp3) is 0.500. The van der Waals surface area contributed by atoms with Gasteiger partial charge in [0.1, 0.15) is 30.4 Å². The number of nitrogens with one attached hydrogen (secondary N) is 1. The Kier molecular flexibility index (Phi) is 6.48. The molecule has 1 aromatic carbocycles. The lowest BCUT2D eigenvalue weighted by Crippen LogP contribution is -2.51. The summed E-state index contributed by atoms with van der Waals surface area (Å²) in [4.78, 5) is 20.1. The lowest BCUT2D eigenvalue weighted by molar-refractivity contribution is -0.378. The number of amides is 1.